The van der Waals surface area contributed by atoms with E-state index in [2.05, 4.69) is 22.4 Å². The third kappa shape index (κ3) is 2.93. The van der Waals surface area contributed by atoms with Crippen molar-refractivity contribution in [1.29, 1.82) is 0 Å². The van der Waals surface area contributed by atoms with Gasteiger partial charge in [0.05, 0.1) is 0 Å². The SMILES string of the molecule is CCC1(CNc2nnc(C(F)(F)F)s2)CCCC1. The molecular weight excluding hydrogens is 263 g/mol. The lowest BCUT2D eigenvalue weighted by Gasteiger charge is -2.27. The molecule has 102 valence electrons. The van der Waals surface area contributed by atoms with Crippen LogP contribution in [0.5, 0.6) is 0 Å². The Bertz CT molecular complexity index is 396. The van der Waals surface area contributed by atoms with Crippen LogP contribution in [0.4, 0.5) is 18.3 Å². The van der Waals surface area contributed by atoms with Gasteiger partial charge in [0, 0.05) is 6.54 Å². The van der Waals surface area contributed by atoms with Gasteiger partial charge in [0.1, 0.15) is 0 Å². The molecule has 1 aromatic heterocycles. The topological polar surface area (TPSA) is 37.8 Å². The van der Waals surface area contributed by atoms with Gasteiger partial charge in [-0.1, -0.05) is 31.1 Å². The number of aromatic nitrogens is 2. The monoisotopic (exact) mass is 279 g/mol. The summed E-state index contributed by atoms with van der Waals surface area (Å²) in [6.45, 7) is 2.82. The Hall–Kier alpha value is -0.850. The van der Waals surface area contributed by atoms with E-state index in [-0.39, 0.29) is 10.5 Å². The average Bonchev–Trinajstić information content (AvgIpc) is 2.96. The van der Waals surface area contributed by atoms with Crippen LogP contribution in [0.2, 0.25) is 0 Å². The van der Waals surface area contributed by atoms with Gasteiger partial charge in [-0.3, -0.25) is 0 Å². The maximum absolute atomic E-state index is 12.4. The number of rotatable bonds is 4. The van der Waals surface area contributed by atoms with Crippen LogP contribution < -0.4 is 5.32 Å². The maximum Gasteiger partial charge on any atom is 0.445 e. The van der Waals surface area contributed by atoms with Crippen molar-refractivity contribution in [3.05, 3.63) is 5.01 Å². The van der Waals surface area contributed by atoms with Gasteiger partial charge < -0.3 is 5.32 Å². The first kappa shape index (κ1) is 13.6. The van der Waals surface area contributed by atoms with E-state index in [1.807, 2.05) is 0 Å². The number of nitrogens with one attached hydrogen (secondary N) is 1. The zero-order valence-electron chi connectivity index (χ0n) is 10.2. The van der Waals surface area contributed by atoms with Crippen LogP contribution >= 0.6 is 11.3 Å². The molecule has 0 aromatic carbocycles. The number of halogens is 3. The minimum Gasteiger partial charge on any atom is -0.360 e. The molecule has 0 amide bonds. The van der Waals surface area contributed by atoms with Crippen molar-refractivity contribution in [3.63, 3.8) is 0 Å². The first-order valence-electron chi connectivity index (χ1n) is 6.10. The van der Waals surface area contributed by atoms with Crippen LogP contribution in [0, 0.1) is 5.41 Å². The van der Waals surface area contributed by atoms with Crippen molar-refractivity contribution in [1.82, 2.24) is 10.2 Å². The van der Waals surface area contributed by atoms with E-state index in [0.29, 0.717) is 17.9 Å². The van der Waals surface area contributed by atoms with Crippen LogP contribution in [0.15, 0.2) is 0 Å². The minimum atomic E-state index is -4.40. The summed E-state index contributed by atoms with van der Waals surface area (Å²) in [5, 5.41) is 9.10. The highest BCUT2D eigenvalue weighted by Gasteiger charge is 2.36. The first-order chi connectivity index (χ1) is 8.45. The fraction of sp³-hybridized carbons (Fsp3) is 0.818. The van der Waals surface area contributed by atoms with Gasteiger partial charge >= 0.3 is 6.18 Å². The van der Waals surface area contributed by atoms with Gasteiger partial charge in [-0.05, 0) is 24.7 Å². The predicted octanol–water partition coefficient (Wildman–Crippen LogP) is 3.94. The van der Waals surface area contributed by atoms with E-state index in [0.717, 1.165) is 19.3 Å². The maximum atomic E-state index is 12.4. The second kappa shape index (κ2) is 5.03. The second-order valence-corrected chi connectivity index (χ2v) is 5.80. The van der Waals surface area contributed by atoms with Gasteiger partial charge in [-0.2, -0.15) is 13.2 Å². The molecule has 0 spiro atoms. The minimum absolute atomic E-state index is 0.226. The van der Waals surface area contributed by atoms with Crippen molar-refractivity contribution >= 4 is 16.5 Å². The molecule has 1 aliphatic rings. The summed E-state index contributed by atoms with van der Waals surface area (Å²) in [4.78, 5) is 0. The van der Waals surface area contributed by atoms with Gasteiger partial charge in [-0.25, -0.2) is 0 Å². The standard InChI is InChI=1S/C11H16F3N3S/c1-2-10(5-3-4-6-10)7-15-9-17-16-8(18-9)11(12,13)14/h2-7H2,1H3,(H,15,17). The van der Waals surface area contributed by atoms with Crippen molar-refractivity contribution in [2.75, 3.05) is 11.9 Å². The highest BCUT2D eigenvalue weighted by Crippen LogP contribution is 2.41. The molecular formula is C11H16F3N3S. The van der Waals surface area contributed by atoms with Crippen LogP contribution in [0.3, 0.4) is 0 Å². The van der Waals surface area contributed by atoms with E-state index in [1.54, 1.807) is 0 Å². The molecule has 7 heteroatoms. The zero-order chi connectivity index (χ0) is 13.2. The van der Waals surface area contributed by atoms with Crippen LogP contribution in [-0.4, -0.2) is 16.7 Å². The Balaban J connectivity index is 1.96. The van der Waals surface area contributed by atoms with Crippen LogP contribution in [0.25, 0.3) is 0 Å². The number of anilines is 1. The summed E-state index contributed by atoms with van der Waals surface area (Å²) in [6.07, 6.45) is 1.35. The summed E-state index contributed by atoms with van der Waals surface area (Å²) in [6, 6.07) is 0. The molecule has 0 bridgehead atoms. The van der Waals surface area contributed by atoms with Gasteiger partial charge in [0.15, 0.2) is 0 Å². The van der Waals surface area contributed by atoms with Crippen LogP contribution in [0.1, 0.15) is 44.0 Å². The predicted molar refractivity (Wildman–Crippen MR) is 64.6 cm³/mol. The van der Waals surface area contributed by atoms with E-state index in [4.69, 9.17) is 0 Å². The smallest absolute Gasteiger partial charge is 0.360 e. The van der Waals surface area contributed by atoms with Crippen molar-refractivity contribution in [2.45, 2.75) is 45.2 Å². The number of hydrogen-bond acceptors (Lipinski definition) is 4. The number of nitrogens with zero attached hydrogens (tertiary/aromatic N) is 2. The van der Waals surface area contributed by atoms with Crippen molar-refractivity contribution in [3.8, 4) is 0 Å². The fourth-order valence-electron chi connectivity index (χ4n) is 2.45. The fourth-order valence-corrected chi connectivity index (χ4v) is 3.06. The summed E-state index contributed by atoms with van der Waals surface area (Å²) in [7, 11) is 0. The molecule has 0 aliphatic heterocycles. The largest absolute Gasteiger partial charge is 0.445 e. The quantitative estimate of drug-likeness (QED) is 0.907. The van der Waals surface area contributed by atoms with Crippen molar-refractivity contribution < 1.29 is 13.2 Å². The molecule has 1 saturated carbocycles. The molecule has 1 heterocycles. The molecule has 0 saturated heterocycles. The Morgan fingerprint density at radius 2 is 1.94 bits per heavy atom. The Morgan fingerprint density at radius 1 is 1.28 bits per heavy atom. The summed E-state index contributed by atoms with van der Waals surface area (Å²) < 4.78 is 37.1. The van der Waals surface area contributed by atoms with Gasteiger partial charge in [0.2, 0.25) is 10.1 Å². The van der Waals surface area contributed by atoms with E-state index in [1.165, 1.54) is 12.8 Å². The third-order valence-corrected chi connectivity index (χ3v) is 4.62. The lowest BCUT2D eigenvalue weighted by molar-refractivity contribution is -0.138. The molecule has 2 rings (SSSR count). The van der Waals surface area contributed by atoms with E-state index >= 15 is 0 Å². The highest BCUT2D eigenvalue weighted by molar-refractivity contribution is 7.15. The van der Waals surface area contributed by atoms with Gasteiger partial charge in [-0.15, -0.1) is 10.2 Å². The Kier molecular flexibility index (Phi) is 3.79. The van der Waals surface area contributed by atoms with Crippen LogP contribution in [-0.2, 0) is 6.18 Å². The molecule has 0 radical (unpaired) electrons. The molecule has 1 aliphatic carbocycles. The van der Waals surface area contributed by atoms with E-state index in [9.17, 15) is 13.2 Å². The first-order valence-corrected chi connectivity index (χ1v) is 6.91. The Labute approximate surface area is 108 Å². The molecule has 1 aromatic rings. The summed E-state index contributed by atoms with van der Waals surface area (Å²) in [5.41, 5.74) is 0.226. The molecule has 1 fully saturated rings. The molecule has 3 nitrogen and oxygen atoms in total. The normalized spacial score (nSPS) is 19.1. The molecule has 18 heavy (non-hydrogen) atoms. The van der Waals surface area contributed by atoms with Crippen molar-refractivity contribution in [2.24, 2.45) is 5.41 Å². The number of hydrogen-bond donors (Lipinski definition) is 1. The lowest BCUT2D eigenvalue weighted by Crippen LogP contribution is -2.25. The second-order valence-electron chi connectivity index (χ2n) is 4.82. The molecule has 1 N–H and O–H groups in total. The summed E-state index contributed by atoms with van der Waals surface area (Å²) in [5.74, 6) is 0. The third-order valence-electron chi connectivity index (χ3n) is 3.70. The van der Waals surface area contributed by atoms with E-state index < -0.39 is 11.2 Å². The molecule has 0 unspecified atom stereocenters. The lowest BCUT2D eigenvalue weighted by atomic mass is 9.83. The average molecular weight is 279 g/mol. The van der Waals surface area contributed by atoms with Gasteiger partial charge in [0.25, 0.3) is 0 Å². The number of alkyl halides is 3. The molecule has 0 atom stereocenters. The highest BCUT2D eigenvalue weighted by atomic mass is 32.1. The Morgan fingerprint density at radius 3 is 2.44 bits per heavy atom. The zero-order valence-corrected chi connectivity index (χ0v) is 11.0. The summed E-state index contributed by atoms with van der Waals surface area (Å²) >= 11 is 0.574.